The zero-order valence-electron chi connectivity index (χ0n) is 15.1. The Balaban J connectivity index is 1.56. The summed E-state index contributed by atoms with van der Waals surface area (Å²) in [4.78, 5) is 0. The highest BCUT2D eigenvalue weighted by Crippen LogP contribution is 2.22. The molecule has 0 spiro atoms. The van der Waals surface area contributed by atoms with Crippen molar-refractivity contribution in [2.75, 3.05) is 0 Å². The second kappa shape index (κ2) is 10.6. The van der Waals surface area contributed by atoms with Crippen LogP contribution in [0.5, 0.6) is 5.75 Å². The molecule has 0 aliphatic carbocycles. The molecule has 0 fully saturated rings. The predicted molar refractivity (Wildman–Crippen MR) is 122 cm³/mol. The van der Waals surface area contributed by atoms with Crippen molar-refractivity contribution in [2.45, 2.75) is 13.2 Å². The SMILES string of the molecule is S=C(NCc1ccccc1)N/N=C\c1cc(Br)ccc1OCc1ccccc1. The van der Waals surface area contributed by atoms with Crippen molar-refractivity contribution in [1.82, 2.24) is 10.7 Å². The largest absolute Gasteiger partial charge is 0.488 e. The third-order valence-corrected chi connectivity index (χ3v) is 4.60. The van der Waals surface area contributed by atoms with Gasteiger partial charge < -0.3 is 10.1 Å². The Morgan fingerprint density at radius 3 is 2.36 bits per heavy atom. The fourth-order valence-corrected chi connectivity index (χ4v) is 2.97. The van der Waals surface area contributed by atoms with Gasteiger partial charge in [-0.1, -0.05) is 76.6 Å². The summed E-state index contributed by atoms with van der Waals surface area (Å²) >= 11 is 8.75. The number of hydrazone groups is 1. The quantitative estimate of drug-likeness (QED) is 0.299. The third kappa shape index (κ3) is 6.48. The Morgan fingerprint density at radius 2 is 1.64 bits per heavy atom. The Hall–Kier alpha value is -2.70. The number of hydrogen-bond acceptors (Lipinski definition) is 3. The maximum atomic E-state index is 5.95. The van der Waals surface area contributed by atoms with Gasteiger partial charge in [0.05, 0.1) is 6.21 Å². The number of benzene rings is 3. The molecule has 0 saturated heterocycles. The molecule has 0 aliphatic heterocycles. The van der Waals surface area contributed by atoms with Crippen molar-refractivity contribution < 1.29 is 4.74 Å². The van der Waals surface area contributed by atoms with E-state index in [1.54, 1.807) is 6.21 Å². The molecule has 0 unspecified atom stereocenters. The molecular weight excluding hydrogens is 434 g/mol. The highest BCUT2D eigenvalue weighted by atomic mass is 79.9. The van der Waals surface area contributed by atoms with E-state index in [9.17, 15) is 0 Å². The van der Waals surface area contributed by atoms with Crippen molar-refractivity contribution in [1.29, 1.82) is 0 Å². The first-order valence-electron chi connectivity index (χ1n) is 8.78. The van der Waals surface area contributed by atoms with Gasteiger partial charge in [-0.2, -0.15) is 5.10 Å². The summed E-state index contributed by atoms with van der Waals surface area (Å²) in [5, 5.41) is 7.82. The normalized spacial score (nSPS) is 10.6. The summed E-state index contributed by atoms with van der Waals surface area (Å²) in [5.74, 6) is 0.751. The molecule has 6 heteroatoms. The van der Waals surface area contributed by atoms with E-state index in [1.807, 2.05) is 78.9 Å². The maximum absolute atomic E-state index is 5.95. The van der Waals surface area contributed by atoms with Crippen LogP contribution in [-0.4, -0.2) is 11.3 Å². The standard InChI is InChI=1S/C22H20BrN3OS/c23-20-11-12-21(27-16-18-9-5-2-6-10-18)19(13-20)15-25-26-22(28)24-14-17-7-3-1-4-8-17/h1-13,15H,14,16H2,(H2,24,26,28)/b25-15-. The first-order valence-corrected chi connectivity index (χ1v) is 9.98. The summed E-state index contributed by atoms with van der Waals surface area (Å²) in [5.41, 5.74) is 5.95. The van der Waals surface area contributed by atoms with Gasteiger partial charge in [-0.05, 0) is 41.5 Å². The lowest BCUT2D eigenvalue weighted by atomic mass is 10.2. The van der Waals surface area contributed by atoms with Crippen molar-refractivity contribution in [3.63, 3.8) is 0 Å². The number of nitrogens with zero attached hydrogens (tertiary/aromatic N) is 1. The minimum absolute atomic E-state index is 0.460. The Labute approximate surface area is 178 Å². The van der Waals surface area contributed by atoms with Gasteiger partial charge in [0.25, 0.3) is 0 Å². The molecule has 0 aliphatic rings. The fraction of sp³-hybridized carbons (Fsp3) is 0.0909. The van der Waals surface area contributed by atoms with Gasteiger partial charge >= 0.3 is 0 Å². The van der Waals surface area contributed by atoms with E-state index < -0.39 is 0 Å². The topological polar surface area (TPSA) is 45.7 Å². The first kappa shape index (κ1) is 20.0. The van der Waals surface area contributed by atoms with Crippen LogP contribution in [0.2, 0.25) is 0 Å². The fourth-order valence-electron chi connectivity index (χ4n) is 2.47. The van der Waals surface area contributed by atoms with Gasteiger partial charge in [0, 0.05) is 16.6 Å². The summed E-state index contributed by atoms with van der Waals surface area (Å²) in [6.07, 6.45) is 1.70. The first-order chi connectivity index (χ1) is 13.7. The molecule has 0 bridgehead atoms. The highest BCUT2D eigenvalue weighted by molar-refractivity contribution is 9.10. The van der Waals surface area contributed by atoms with Crippen LogP contribution in [0.1, 0.15) is 16.7 Å². The predicted octanol–water partition coefficient (Wildman–Crippen LogP) is 5.03. The van der Waals surface area contributed by atoms with Gasteiger partial charge in [0.1, 0.15) is 12.4 Å². The van der Waals surface area contributed by atoms with E-state index in [4.69, 9.17) is 17.0 Å². The lowest BCUT2D eigenvalue weighted by Gasteiger charge is -2.10. The van der Waals surface area contributed by atoms with Crippen molar-refractivity contribution >= 4 is 39.5 Å². The van der Waals surface area contributed by atoms with Crippen LogP contribution in [0.4, 0.5) is 0 Å². The van der Waals surface area contributed by atoms with E-state index in [1.165, 1.54) is 0 Å². The minimum Gasteiger partial charge on any atom is -0.488 e. The van der Waals surface area contributed by atoms with Crippen LogP contribution in [0.3, 0.4) is 0 Å². The number of nitrogens with one attached hydrogen (secondary N) is 2. The molecule has 28 heavy (non-hydrogen) atoms. The highest BCUT2D eigenvalue weighted by Gasteiger charge is 2.04. The van der Waals surface area contributed by atoms with Gasteiger partial charge in [-0.25, -0.2) is 0 Å². The lowest BCUT2D eigenvalue weighted by molar-refractivity contribution is 0.306. The number of halogens is 1. The molecule has 3 rings (SSSR count). The Morgan fingerprint density at radius 1 is 0.964 bits per heavy atom. The van der Waals surface area contributed by atoms with E-state index in [0.29, 0.717) is 18.3 Å². The van der Waals surface area contributed by atoms with Crippen LogP contribution < -0.4 is 15.5 Å². The monoisotopic (exact) mass is 453 g/mol. The van der Waals surface area contributed by atoms with Gasteiger partial charge in [0.2, 0.25) is 0 Å². The molecule has 2 N–H and O–H groups in total. The van der Waals surface area contributed by atoms with Crippen LogP contribution in [0.15, 0.2) is 88.4 Å². The molecular formula is C22H20BrN3OS. The molecule has 0 atom stereocenters. The van der Waals surface area contributed by atoms with Crippen molar-refractivity contribution in [2.24, 2.45) is 5.10 Å². The average molecular weight is 454 g/mol. The molecule has 142 valence electrons. The molecule has 0 radical (unpaired) electrons. The van der Waals surface area contributed by atoms with Crippen LogP contribution >= 0.6 is 28.1 Å². The van der Waals surface area contributed by atoms with Gasteiger partial charge in [-0.15, -0.1) is 0 Å². The third-order valence-electron chi connectivity index (χ3n) is 3.87. The van der Waals surface area contributed by atoms with E-state index in [2.05, 4.69) is 31.8 Å². The molecule has 0 amide bonds. The number of hydrogen-bond donors (Lipinski definition) is 2. The van der Waals surface area contributed by atoms with Gasteiger partial charge in [0.15, 0.2) is 5.11 Å². The van der Waals surface area contributed by atoms with Crippen LogP contribution in [0.25, 0.3) is 0 Å². The van der Waals surface area contributed by atoms with E-state index in [0.717, 1.165) is 26.9 Å². The average Bonchev–Trinajstić information content (AvgIpc) is 2.73. The molecule has 4 nitrogen and oxygen atoms in total. The Bertz CT molecular complexity index is 933. The van der Waals surface area contributed by atoms with Crippen LogP contribution in [-0.2, 0) is 13.2 Å². The number of rotatable bonds is 7. The zero-order chi connectivity index (χ0) is 19.6. The van der Waals surface area contributed by atoms with Gasteiger partial charge in [-0.3, -0.25) is 5.43 Å². The molecule has 0 aromatic heterocycles. The summed E-state index contributed by atoms with van der Waals surface area (Å²) < 4.78 is 6.90. The number of ether oxygens (including phenoxy) is 1. The zero-order valence-corrected chi connectivity index (χ0v) is 17.5. The summed E-state index contributed by atoms with van der Waals surface area (Å²) in [6, 6.07) is 25.9. The second-order valence-corrected chi connectivity index (χ2v) is 7.32. The minimum atomic E-state index is 0.460. The number of thiocarbonyl (C=S) groups is 1. The van der Waals surface area contributed by atoms with E-state index in [-0.39, 0.29) is 0 Å². The van der Waals surface area contributed by atoms with E-state index >= 15 is 0 Å². The molecule has 3 aromatic rings. The smallest absolute Gasteiger partial charge is 0.187 e. The maximum Gasteiger partial charge on any atom is 0.187 e. The van der Waals surface area contributed by atoms with Crippen molar-refractivity contribution in [3.8, 4) is 5.75 Å². The van der Waals surface area contributed by atoms with Crippen molar-refractivity contribution in [3.05, 3.63) is 100 Å². The molecule has 0 saturated carbocycles. The summed E-state index contributed by atoms with van der Waals surface area (Å²) in [7, 11) is 0. The molecule has 3 aromatic carbocycles. The molecule has 0 heterocycles. The lowest BCUT2D eigenvalue weighted by Crippen LogP contribution is -2.31. The van der Waals surface area contributed by atoms with Crippen LogP contribution in [0, 0.1) is 0 Å². The second-order valence-electron chi connectivity index (χ2n) is 5.99. The summed E-state index contributed by atoms with van der Waals surface area (Å²) in [6.45, 7) is 1.14. The Kier molecular flexibility index (Phi) is 7.58.